The zero-order valence-corrected chi connectivity index (χ0v) is 12.5. The summed E-state index contributed by atoms with van der Waals surface area (Å²) in [5, 5.41) is 3.02. The van der Waals surface area contributed by atoms with E-state index in [-0.39, 0.29) is 5.91 Å². The number of carbonyl (C=O) groups excluding carboxylic acids is 1. The topological polar surface area (TPSA) is 63.3 Å². The predicted molar refractivity (Wildman–Crippen MR) is 83.2 cm³/mol. The summed E-state index contributed by atoms with van der Waals surface area (Å²) in [4.78, 5) is 14.7. The molecule has 1 aliphatic heterocycles. The second kappa shape index (κ2) is 6.10. The molecule has 110 valence electrons. The molecule has 3 N–H and O–H groups in total. The quantitative estimate of drug-likeness (QED) is 0.856. The van der Waals surface area contributed by atoms with E-state index < -0.39 is 0 Å². The maximum absolute atomic E-state index is 12.2. The molecule has 1 aromatic heterocycles. The zero-order valence-electron chi connectivity index (χ0n) is 11.7. The summed E-state index contributed by atoms with van der Waals surface area (Å²) in [5.74, 6) is 2.41. The summed E-state index contributed by atoms with van der Waals surface area (Å²) in [7, 11) is 0. The molecule has 1 saturated heterocycles. The van der Waals surface area contributed by atoms with Crippen LogP contribution in [0.1, 0.15) is 29.4 Å². The second-order valence-electron chi connectivity index (χ2n) is 5.51. The van der Waals surface area contributed by atoms with Crippen molar-refractivity contribution >= 4 is 23.4 Å². The molecular formula is C14H22N4OS. The second-order valence-corrected chi connectivity index (χ2v) is 6.73. The fourth-order valence-corrected chi connectivity index (χ4v) is 3.56. The Hall–Kier alpha value is -1.14. The van der Waals surface area contributed by atoms with Crippen LogP contribution in [0, 0.1) is 0 Å². The van der Waals surface area contributed by atoms with Gasteiger partial charge in [-0.25, -0.2) is 0 Å². The molecular weight excluding hydrogens is 272 g/mol. The van der Waals surface area contributed by atoms with Crippen LogP contribution < -0.4 is 11.1 Å². The minimum Gasteiger partial charge on any atom is -0.397 e. The van der Waals surface area contributed by atoms with E-state index in [1.54, 1.807) is 6.07 Å². The smallest absolute Gasteiger partial charge is 0.268 e. The van der Waals surface area contributed by atoms with Crippen LogP contribution in [0.25, 0.3) is 0 Å². The molecule has 2 fully saturated rings. The Bertz CT molecular complexity index is 478. The minimum absolute atomic E-state index is 0.0000144. The molecule has 3 rings (SSSR count). The molecule has 0 bridgehead atoms. The van der Waals surface area contributed by atoms with Gasteiger partial charge in [0.15, 0.2) is 0 Å². The third kappa shape index (κ3) is 3.30. The Morgan fingerprint density at radius 3 is 2.85 bits per heavy atom. The van der Waals surface area contributed by atoms with Gasteiger partial charge in [-0.1, -0.05) is 0 Å². The average Bonchev–Trinajstić information content (AvgIpc) is 3.22. The number of thioether (sulfide) groups is 1. The third-order valence-corrected chi connectivity index (χ3v) is 4.80. The molecule has 6 heteroatoms. The molecule has 2 aliphatic rings. The number of rotatable bonds is 5. The summed E-state index contributed by atoms with van der Waals surface area (Å²) in [5.41, 5.74) is 7.20. The molecule has 0 radical (unpaired) electrons. The SMILES string of the molecule is Nc1cc(C(=O)NCCN2CCSCC2)n(C2CC2)c1. The maximum Gasteiger partial charge on any atom is 0.268 e. The lowest BCUT2D eigenvalue weighted by Gasteiger charge is -2.26. The summed E-state index contributed by atoms with van der Waals surface area (Å²) >= 11 is 2.00. The van der Waals surface area contributed by atoms with Gasteiger partial charge in [0.1, 0.15) is 5.69 Å². The van der Waals surface area contributed by atoms with Gasteiger partial charge in [0.05, 0.1) is 5.69 Å². The van der Waals surface area contributed by atoms with E-state index in [1.165, 1.54) is 11.5 Å². The van der Waals surface area contributed by atoms with Crippen molar-refractivity contribution in [3.8, 4) is 0 Å². The Kier molecular flexibility index (Phi) is 4.21. The van der Waals surface area contributed by atoms with E-state index in [9.17, 15) is 4.79 Å². The van der Waals surface area contributed by atoms with Crippen LogP contribution in [0.15, 0.2) is 12.3 Å². The van der Waals surface area contributed by atoms with Gasteiger partial charge in [-0.05, 0) is 18.9 Å². The Labute approximate surface area is 123 Å². The van der Waals surface area contributed by atoms with Gasteiger partial charge < -0.3 is 15.6 Å². The molecule has 5 nitrogen and oxygen atoms in total. The normalized spacial score (nSPS) is 20.0. The summed E-state index contributed by atoms with van der Waals surface area (Å²) in [6.07, 6.45) is 4.19. The number of anilines is 1. The largest absolute Gasteiger partial charge is 0.397 e. The highest BCUT2D eigenvalue weighted by Crippen LogP contribution is 2.37. The summed E-state index contributed by atoms with van der Waals surface area (Å²) in [6, 6.07) is 2.26. The summed E-state index contributed by atoms with van der Waals surface area (Å²) < 4.78 is 2.03. The number of hydrogen-bond acceptors (Lipinski definition) is 4. The highest BCUT2D eigenvalue weighted by Gasteiger charge is 2.27. The number of nitrogen functional groups attached to an aromatic ring is 1. The van der Waals surface area contributed by atoms with Crippen molar-refractivity contribution in [1.29, 1.82) is 0 Å². The molecule has 0 aromatic carbocycles. The van der Waals surface area contributed by atoms with Crippen LogP contribution in [0.2, 0.25) is 0 Å². The number of aromatic nitrogens is 1. The van der Waals surface area contributed by atoms with Crippen molar-refractivity contribution < 1.29 is 4.79 Å². The molecule has 0 unspecified atom stereocenters. The highest BCUT2D eigenvalue weighted by molar-refractivity contribution is 7.99. The first-order chi connectivity index (χ1) is 9.74. The van der Waals surface area contributed by atoms with Gasteiger partial charge in [-0.2, -0.15) is 11.8 Å². The molecule has 1 saturated carbocycles. The van der Waals surface area contributed by atoms with Crippen LogP contribution in [-0.4, -0.2) is 53.1 Å². The molecule has 20 heavy (non-hydrogen) atoms. The Morgan fingerprint density at radius 1 is 1.40 bits per heavy atom. The standard InChI is InChI=1S/C14H22N4OS/c15-11-9-13(18(10-11)12-1-2-12)14(19)16-3-4-17-5-7-20-8-6-17/h9-10,12H,1-8,15H2,(H,16,19). The van der Waals surface area contributed by atoms with Crippen molar-refractivity contribution in [2.75, 3.05) is 43.4 Å². The van der Waals surface area contributed by atoms with Crippen LogP contribution >= 0.6 is 11.8 Å². The van der Waals surface area contributed by atoms with Crippen LogP contribution in [0.5, 0.6) is 0 Å². The first-order valence-electron chi connectivity index (χ1n) is 7.29. The molecule has 0 spiro atoms. The van der Waals surface area contributed by atoms with Gasteiger partial charge in [0, 0.05) is 49.9 Å². The number of amides is 1. The lowest BCUT2D eigenvalue weighted by molar-refractivity contribution is 0.0939. The lowest BCUT2D eigenvalue weighted by atomic mass is 10.3. The fraction of sp³-hybridized carbons (Fsp3) is 0.643. The molecule has 1 aliphatic carbocycles. The van der Waals surface area contributed by atoms with E-state index in [4.69, 9.17) is 5.73 Å². The number of nitrogens with one attached hydrogen (secondary N) is 1. The van der Waals surface area contributed by atoms with Crippen molar-refractivity contribution in [3.05, 3.63) is 18.0 Å². The van der Waals surface area contributed by atoms with Crippen molar-refractivity contribution in [2.24, 2.45) is 0 Å². The van der Waals surface area contributed by atoms with Gasteiger partial charge in [0.25, 0.3) is 5.91 Å². The predicted octanol–water partition coefficient (Wildman–Crippen LogP) is 1.18. The average molecular weight is 294 g/mol. The van der Waals surface area contributed by atoms with E-state index >= 15 is 0 Å². The van der Waals surface area contributed by atoms with E-state index in [0.717, 1.165) is 32.5 Å². The molecule has 0 atom stereocenters. The maximum atomic E-state index is 12.2. The molecule has 1 amide bonds. The first kappa shape index (κ1) is 13.8. The minimum atomic E-state index is -0.0000144. The van der Waals surface area contributed by atoms with Gasteiger partial charge in [-0.3, -0.25) is 9.69 Å². The highest BCUT2D eigenvalue weighted by atomic mass is 32.2. The monoisotopic (exact) mass is 294 g/mol. The van der Waals surface area contributed by atoms with Crippen molar-refractivity contribution in [3.63, 3.8) is 0 Å². The Balaban J connectivity index is 1.51. The van der Waals surface area contributed by atoms with E-state index in [1.807, 2.05) is 22.5 Å². The number of nitrogens with zero attached hydrogens (tertiary/aromatic N) is 2. The summed E-state index contributed by atoms with van der Waals surface area (Å²) in [6.45, 7) is 3.91. The molecule has 2 heterocycles. The molecule has 1 aromatic rings. The lowest BCUT2D eigenvalue weighted by Crippen LogP contribution is -2.39. The van der Waals surface area contributed by atoms with Crippen molar-refractivity contribution in [2.45, 2.75) is 18.9 Å². The fourth-order valence-electron chi connectivity index (χ4n) is 2.58. The third-order valence-electron chi connectivity index (χ3n) is 3.86. The van der Waals surface area contributed by atoms with Crippen molar-refractivity contribution in [1.82, 2.24) is 14.8 Å². The van der Waals surface area contributed by atoms with Gasteiger partial charge in [-0.15, -0.1) is 0 Å². The van der Waals surface area contributed by atoms with Gasteiger partial charge >= 0.3 is 0 Å². The van der Waals surface area contributed by atoms with E-state index in [0.29, 0.717) is 24.0 Å². The number of hydrogen-bond donors (Lipinski definition) is 2. The van der Waals surface area contributed by atoms with Crippen LogP contribution in [0.3, 0.4) is 0 Å². The van der Waals surface area contributed by atoms with Gasteiger partial charge in [0.2, 0.25) is 0 Å². The van der Waals surface area contributed by atoms with E-state index in [2.05, 4.69) is 10.2 Å². The van der Waals surface area contributed by atoms with Crippen LogP contribution in [0.4, 0.5) is 5.69 Å². The Morgan fingerprint density at radius 2 is 2.15 bits per heavy atom. The number of nitrogens with two attached hydrogens (primary N) is 1. The number of carbonyl (C=O) groups is 1. The zero-order chi connectivity index (χ0) is 13.9. The first-order valence-corrected chi connectivity index (χ1v) is 8.45. The van der Waals surface area contributed by atoms with Crippen LogP contribution in [-0.2, 0) is 0 Å².